The van der Waals surface area contributed by atoms with Crippen LogP contribution >= 0.6 is 11.3 Å². The van der Waals surface area contributed by atoms with Gasteiger partial charge in [-0.15, -0.1) is 11.3 Å². The number of hydrogen-bond donors (Lipinski definition) is 1. The maximum Gasteiger partial charge on any atom is 0.410 e. The van der Waals surface area contributed by atoms with Crippen molar-refractivity contribution in [2.24, 2.45) is 0 Å². The highest BCUT2D eigenvalue weighted by molar-refractivity contribution is 7.10. The summed E-state index contributed by atoms with van der Waals surface area (Å²) in [6, 6.07) is 5.52. The fraction of sp³-hybridized carbons (Fsp3) is 0.722. The van der Waals surface area contributed by atoms with Crippen molar-refractivity contribution in [1.82, 2.24) is 10.2 Å². The Bertz CT molecular complexity index is 488. The molecule has 1 saturated carbocycles. The zero-order valence-electron chi connectivity index (χ0n) is 15.0. The number of ether oxygens (including phenoxy) is 1. The molecule has 1 heterocycles. The predicted molar refractivity (Wildman–Crippen MR) is 95.9 cm³/mol. The van der Waals surface area contributed by atoms with Crippen molar-refractivity contribution in [3.63, 3.8) is 0 Å². The van der Waals surface area contributed by atoms with Gasteiger partial charge in [0.15, 0.2) is 0 Å². The van der Waals surface area contributed by atoms with Gasteiger partial charge in [0.1, 0.15) is 5.60 Å². The third-order valence-corrected chi connectivity index (χ3v) is 5.44. The van der Waals surface area contributed by atoms with Crippen LogP contribution in [-0.4, -0.2) is 35.7 Å². The van der Waals surface area contributed by atoms with Gasteiger partial charge in [0.25, 0.3) is 0 Å². The zero-order chi connectivity index (χ0) is 17.0. The molecule has 23 heavy (non-hydrogen) atoms. The lowest BCUT2D eigenvalue weighted by molar-refractivity contribution is 0.0178. The van der Waals surface area contributed by atoms with Crippen LogP contribution in [0.25, 0.3) is 0 Å². The third kappa shape index (κ3) is 5.50. The van der Waals surface area contributed by atoms with Gasteiger partial charge in [-0.1, -0.05) is 6.07 Å². The van der Waals surface area contributed by atoms with Gasteiger partial charge < -0.3 is 15.0 Å². The lowest BCUT2D eigenvalue weighted by Crippen LogP contribution is -2.45. The van der Waals surface area contributed by atoms with E-state index < -0.39 is 5.60 Å². The fourth-order valence-corrected chi connectivity index (χ4v) is 3.83. The molecule has 1 aromatic heterocycles. The van der Waals surface area contributed by atoms with Crippen LogP contribution in [0.1, 0.15) is 64.3 Å². The first-order chi connectivity index (χ1) is 10.8. The lowest BCUT2D eigenvalue weighted by atomic mass is 9.90. The van der Waals surface area contributed by atoms with E-state index in [9.17, 15) is 4.79 Å². The van der Waals surface area contributed by atoms with Crippen molar-refractivity contribution in [3.05, 3.63) is 22.4 Å². The van der Waals surface area contributed by atoms with Crippen LogP contribution in [0.3, 0.4) is 0 Å². The summed E-state index contributed by atoms with van der Waals surface area (Å²) < 4.78 is 5.47. The van der Waals surface area contributed by atoms with Crippen LogP contribution in [0.15, 0.2) is 17.5 Å². The van der Waals surface area contributed by atoms with Crippen LogP contribution in [0.4, 0.5) is 4.79 Å². The number of carbonyl (C=O) groups is 1. The molecule has 130 valence electrons. The Kier molecular flexibility index (Phi) is 6.09. The molecule has 1 N–H and O–H groups in total. The van der Waals surface area contributed by atoms with E-state index in [1.165, 1.54) is 4.88 Å². The van der Waals surface area contributed by atoms with Crippen LogP contribution in [0.2, 0.25) is 0 Å². The van der Waals surface area contributed by atoms with E-state index in [1.807, 2.05) is 27.8 Å². The van der Waals surface area contributed by atoms with Crippen molar-refractivity contribution in [2.45, 2.75) is 77.1 Å². The van der Waals surface area contributed by atoms with E-state index in [4.69, 9.17) is 4.74 Å². The summed E-state index contributed by atoms with van der Waals surface area (Å²) in [4.78, 5) is 15.3. The normalized spacial score (nSPS) is 23.3. The van der Waals surface area contributed by atoms with Gasteiger partial charge in [-0.25, -0.2) is 4.79 Å². The highest BCUT2D eigenvalue weighted by Crippen LogP contribution is 2.26. The second kappa shape index (κ2) is 7.67. The molecule has 2 rings (SSSR count). The number of nitrogens with one attached hydrogen (secondary N) is 1. The molecule has 1 atom stereocenters. The SMILES string of the molecule is CC(NC1CCC(N(C)C(=O)OC(C)(C)C)CC1)c1cccs1. The van der Waals surface area contributed by atoms with Gasteiger partial charge >= 0.3 is 6.09 Å². The van der Waals surface area contributed by atoms with Crippen molar-refractivity contribution < 1.29 is 9.53 Å². The smallest absolute Gasteiger partial charge is 0.410 e. The van der Waals surface area contributed by atoms with Crippen LogP contribution in [-0.2, 0) is 4.74 Å². The number of rotatable bonds is 4. The molecule has 1 aliphatic rings. The second-order valence-electron chi connectivity index (χ2n) is 7.50. The van der Waals surface area contributed by atoms with E-state index >= 15 is 0 Å². The molecule has 1 aliphatic carbocycles. The Balaban J connectivity index is 1.78. The molecule has 0 aromatic carbocycles. The Morgan fingerprint density at radius 1 is 1.35 bits per heavy atom. The van der Waals surface area contributed by atoms with Gasteiger partial charge in [0.05, 0.1) is 0 Å². The largest absolute Gasteiger partial charge is 0.444 e. The molecule has 0 spiro atoms. The third-order valence-electron chi connectivity index (χ3n) is 4.38. The first-order valence-corrected chi connectivity index (χ1v) is 9.39. The van der Waals surface area contributed by atoms with Gasteiger partial charge in [-0.05, 0) is 64.8 Å². The number of carbonyl (C=O) groups excluding carboxylic acids is 1. The minimum absolute atomic E-state index is 0.208. The standard InChI is InChI=1S/C18H30N2O2S/c1-13(16-7-6-12-23-16)19-14-8-10-15(11-9-14)20(5)17(21)22-18(2,3)4/h6-7,12-15,19H,8-11H2,1-5H3. The summed E-state index contributed by atoms with van der Waals surface area (Å²) >= 11 is 1.80. The Labute approximate surface area is 144 Å². The summed E-state index contributed by atoms with van der Waals surface area (Å²) in [5, 5.41) is 5.85. The first-order valence-electron chi connectivity index (χ1n) is 8.51. The molecule has 4 nitrogen and oxygen atoms in total. The monoisotopic (exact) mass is 338 g/mol. The van der Waals surface area contributed by atoms with Crippen LogP contribution in [0, 0.1) is 0 Å². The highest BCUT2D eigenvalue weighted by Gasteiger charge is 2.29. The topological polar surface area (TPSA) is 41.6 Å². The minimum atomic E-state index is -0.430. The molecule has 1 amide bonds. The average molecular weight is 339 g/mol. The maximum atomic E-state index is 12.2. The number of hydrogen-bond acceptors (Lipinski definition) is 4. The Morgan fingerprint density at radius 2 is 2.00 bits per heavy atom. The first kappa shape index (κ1) is 18.3. The summed E-state index contributed by atoms with van der Waals surface area (Å²) in [5.74, 6) is 0. The number of nitrogens with zero attached hydrogens (tertiary/aromatic N) is 1. The van der Waals surface area contributed by atoms with Gasteiger partial charge in [0, 0.05) is 30.1 Å². The van der Waals surface area contributed by atoms with E-state index in [-0.39, 0.29) is 6.09 Å². The Hall–Kier alpha value is -1.07. The van der Waals surface area contributed by atoms with E-state index in [0.717, 1.165) is 25.7 Å². The van der Waals surface area contributed by atoms with Gasteiger partial charge in [0.2, 0.25) is 0 Å². The summed E-state index contributed by atoms with van der Waals surface area (Å²) in [7, 11) is 1.86. The maximum absolute atomic E-state index is 12.2. The summed E-state index contributed by atoms with van der Waals surface area (Å²) in [5.41, 5.74) is -0.430. The molecule has 0 saturated heterocycles. The average Bonchev–Trinajstić information content (AvgIpc) is 3.00. The summed E-state index contributed by atoms with van der Waals surface area (Å²) in [6.07, 6.45) is 4.07. The van der Waals surface area contributed by atoms with E-state index in [2.05, 4.69) is 29.8 Å². The van der Waals surface area contributed by atoms with Crippen molar-refractivity contribution >= 4 is 17.4 Å². The molecule has 1 unspecified atom stereocenters. The highest BCUT2D eigenvalue weighted by atomic mass is 32.1. The van der Waals surface area contributed by atoms with Crippen LogP contribution < -0.4 is 5.32 Å². The molecular weight excluding hydrogens is 308 g/mol. The van der Waals surface area contributed by atoms with Gasteiger partial charge in [-0.2, -0.15) is 0 Å². The number of thiophene rings is 1. The summed E-state index contributed by atoms with van der Waals surface area (Å²) in [6.45, 7) is 7.95. The van der Waals surface area contributed by atoms with Crippen molar-refractivity contribution in [3.8, 4) is 0 Å². The fourth-order valence-electron chi connectivity index (χ4n) is 3.09. The molecule has 5 heteroatoms. The number of amides is 1. The quantitative estimate of drug-likeness (QED) is 0.874. The second-order valence-corrected chi connectivity index (χ2v) is 8.48. The van der Waals surface area contributed by atoms with Crippen LogP contribution in [0.5, 0.6) is 0 Å². The molecule has 1 fully saturated rings. The van der Waals surface area contributed by atoms with E-state index in [0.29, 0.717) is 18.1 Å². The molecule has 0 bridgehead atoms. The molecule has 0 radical (unpaired) electrons. The van der Waals surface area contributed by atoms with Crippen molar-refractivity contribution in [1.29, 1.82) is 0 Å². The Morgan fingerprint density at radius 3 is 2.52 bits per heavy atom. The molecular formula is C18H30N2O2S. The predicted octanol–water partition coefficient (Wildman–Crippen LogP) is 4.58. The molecule has 1 aromatic rings. The van der Waals surface area contributed by atoms with Gasteiger partial charge in [-0.3, -0.25) is 0 Å². The minimum Gasteiger partial charge on any atom is -0.444 e. The zero-order valence-corrected chi connectivity index (χ0v) is 15.8. The van der Waals surface area contributed by atoms with Crippen molar-refractivity contribution in [2.75, 3.05) is 7.05 Å². The molecule has 0 aliphatic heterocycles. The van der Waals surface area contributed by atoms with E-state index in [1.54, 1.807) is 16.2 Å². The lowest BCUT2D eigenvalue weighted by Gasteiger charge is -2.36.